The van der Waals surface area contributed by atoms with Gasteiger partial charge in [-0.15, -0.1) is 0 Å². The number of amides is 2. The van der Waals surface area contributed by atoms with Gasteiger partial charge in [0.2, 0.25) is 11.8 Å². The molecule has 2 amide bonds. The Hall–Kier alpha value is -2.86. The Morgan fingerprint density at radius 1 is 1.10 bits per heavy atom. The molecule has 3 aliphatic rings. The van der Waals surface area contributed by atoms with Crippen LogP contribution in [0.4, 0.5) is 4.39 Å². The van der Waals surface area contributed by atoms with Crippen molar-refractivity contribution in [1.82, 2.24) is 14.8 Å². The second-order valence-corrected chi connectivity index (χ2v) is 8.72. The molecular formula is C24H24FN3O2. The molecule has 0 bridgehead atoms. The van der Waals surface area contributed by atoms with Crippen molar-refractivity contribution in [2.45, 2.75) is 25.4 Å². The van der Waals surface area contributed by atoms with Crippen molar-refractivity contribution in [2.75, 3.05) is 13.6 Å². The maximum atomic E-state index is 13.5. The highest BCUT2D eigenvalue weighted by Gasteiger charge is 2.62. The lowest BCUT2D eigenvalue weighted by atomic mass is 9.86. The largest absolute Gasteiger partial charge is 0.292 e. The first-order valence-electron chi connectivity index (χ1n) is 10.4. The molecule has 1 aromatic carbocycles. The molecule has 154 valence electrons. The summed E-state index contributed by atoms with van der Waals surface area (Å²) < 4.78 is 13.5. The van der Waals surface area contributed by atoms with Crippen LogP contribution in [0.2, 0.25) is 0 Å². The van der Waals surface area contributed by atoms with Crippen LogP contribution >= 0.6 is 0 Å². The normalized spacial score (nSPS) is 31.0. The molecular weight excluding hydrogens is 381 g/mol. The molecule has 3 fully saturated rings. The second-order valence-electron chi connectivity index (χ2n) is 8.72. The minimum Gasteiger partial charge on any atom is -0.292 e. The monoisotopic (exact) mass is 405 g/mol. The van der Waals surface area contributed by atoms with E-state index in [0.29, 0.717) is 5.92 Å². The predicted molar refractivity (Wildman–Crippen MR) is 111 cm³/mol. The van der Waals surface area contributed by atoms with Gasteiger partial charge in [-0.1, -0.05) is 31.2 Å². The summed E-state index contributed by atoms with van der Waals surface area (Å²) in [5.74, 6) is -0.404. The standard InChI is InChI=1S/C24H24FN3O2/c1-14-10-20-22-21(23(29)27(2)24(22)30)19(28(20)13-14)9-8-18-7-6-16(12-26-18)15-4-3-5-17(25)11-15/h3-9,11-12,14,19-22H,10,13H2,1-2H3/b9-8+/t14-,19?,20?,21?,22?/m0/s1. The van der Waals surface area contributed by atoms with Crippen molar-refractivity contribution in [3.8, 4) is 11.1 Å². The smallest absolute Gasteiger partial charge is 0.234 e. The summed E-state index contributed by atoms with van der Waals surface area (Å²) >= 11 is 0. The number of likely N-dealkylation sites (tertiary alicyclic amines) is 1. The molecule has 0 aliphatic carbocycles. The van der Waals surface area contributed by atoms with Crippen molar-refractivity contribution in [1.29, 1.82) is 0 Å². The highest BCUT2D eigenvalue weighted by Crippen LogP contribution is 2.48. The van der Waals surface area contributed by atoms with Gasteiger partial charge in [0, 0.05) is 37.4 Å². The van der Waals surface area contributed by atoms with Gasteiger partial charge < -0.3 is 0 Å². The van der Waals surface area contributed by atoms with Gasteiger partial charge in [0.25, 0.3) is 0 Å². The minimum absolute atomic E-state index is 0.0393. The van der Waals surface area contributed by atoms with E-state index in [1.54, 1.807) is 19.3 Å². The quantitative estimate of drug-likeness (QED) is 0.736. The van der Waals surface area contributed by atoms with Gasteiger partial charge in [-0.2, -0.15) is 0 Å². The first-order chi connectivity index (χ1) is 14.4. The van der Waals surface area contributed by atoms with Crippen molar-refractivity contribution >= 4 is 17.9 Å². The Labute approximate surface area is 175 Å². The Morgan fingerprint density at radius 2 is 1.90 bits per heavy atom. The van der Waals surface area contributed by atoms with Gasteiger partial charge in [-0.25, -0.2) is 4.39 Å². The summed E-state index contributed by atoms with van der Waals surface area (Å²) in [5.41, 5.74) is 2.40. The van der Waals surface area contributed by atoms with E-state index in [2.05, 4.69) is 16.8 Å². The molecule has 4 heterocycles. The van der Waals surface area contributed by atoms with Crippen molar-refractivity contribution in [3.05, 3.63) is 60.2 Å². The second kappa shape index (κ2) is 7.13. The molecule has 4 unspecified atom stereocenters. The average molecular weight is 405 g/mol. The summed E-state index contributed by atoms with van der Waals surface area (Å²) in [4.78, 5) is 33.6. The number of imide groups is 1. The van der Waals surface area contributed by atoms with Crippen molar-refractivity contribution in [2.24, 2.45) is 17.8 Å². The number of nitrogens with zero attached hydrogens (tertiary/aromatic N) is 3. The van der Waals surface area contributed by atoms with Crippen molar-refractivity contribution < 1.29 is 14.0 Å². The number of rotatable bonds is 3. The molecule has 5 atom stereocenters. The van der Waals surface area contributed by atoms with Crippen LogP contribution in [0.3, 0.4) is 0 Å². The lowest BCUT2D eigenvalue weighted by molar-refractivity contribution is -0.139. The van der Waals surface area contributed by atoms with Gasteiger partial charge >= 0.3 is 0 Å². The number of benzene rings is 1. The third kappa shape index (κ3) is 2.98. The molecule has 30 heavy (non-hydrogen) atoms. The van der Waals surface area contributed by atoms with Crippen LogP contribution in [0.5, 0.6) is 0 Å². The van der Waals surface area contributed by atoms with Gasteiger partial charge in [0.1, 0.15) is 5.82 Å². The van der Waals surface area contributed by atoms with E-state index < -0.39 is 0 Å². The number of fused-ring (bicyclic) bond motifs is 3. The molecule has 0 saturated carbocycles. The number of carbonyl (C=O) groups excluding carboxylic acids is 2. The minimum atomic E-state index is -0.303. The number of aromatic nitrogens is 1. The first kappa shape index (κ1) is 19.1. The Kier molecular flexibility index (Phi) is 4.54. The highest BCUT2D eigenvalue weighted by atomic mass is 19.1. The summed E-state index contributed by atoms with van der Waals surface area (Å²) in [5, 5.41) is 0. The van der Waals surface area contributed by atoms with Crippen LogP contribution in [0, 0.1) is 23.6 Å². The summed E-state index contributed by atoms with van der Waals surface area (Å²) in [6, 6.07) is 10.3. The molecule has 0 radical (unpaired) electrons. The molecule has 2 aromatic rings. The third-order valence-corrected chi connectivity index (χ3v) is 6.78. The zero-order valence-electron chi connectivity index (χ0n) is 17.0. The van der Waals surface area contributed by atoms with Gasteiger partial charge in [-0.05, 0) is 42.2 Å². The maximum absolute atomic E-state index is 13.5. The Bertz CT molecular complexity index is 1040. The fourth-order valence-electron chi connectivity index (χ4n) is 5.42. The summed E-state index contributed by atoms with van der Waals surface area (Å²) in [6.45, 7) is 3.11. The van der Waals surface area contributed by atoms with Crippen LogP contribution in [-0.2, 0) is 9.59 Å². The van der Waals surface area contributed by atoms with Crippen LogP contribution in [0.25, 0.3) is 17.2 Å². The fraction of sp³-hybridized carbons (Fsp3) is 0.375. The third-order valence-electron chi connectivity index (χ3n) is 6.78. The van der Waals surface area contributed by atoms with E-state index in [-0.39, 0.29) is 41.6 Å². The lowest BCUT2D eigenvalue weighted by Gasteiger charge is -2.25. The van der Waals surface area contributed by atoms with E-state index >= 15 is 0 Å². The molecule has 5 nitrogen and oxygen atoms in total. The zero-order chi connectivity index (χ0) is 21.0. The van der Waals surface area contributed by atoms with Crippen LogP contribution in [-0.4, -0.2) is 52.3 Å². The Morgan fingerprint density at radius 3 is 2.63 bits per heavy atom. The van der Waals surface area contributed by atoms with Gasteiger partial charge in [-0.3, -0.25) is 24.4 Å². The molecule has 6 heteroatoms. The number of hydrogen-bond acceptors (Lipinski definition) is 4. The zero-order valence-corrected chi connectivity index (χ0v) is 17.0. The molecule has 0 spiro atoms. The maximum Gasteiger partial charge on any atom is 0.234 e. The fourth-order valence-corrected chi connectivity index (χ4v) is 5.42. The molecule has 1 aromatic heterocycles. The Balaban J connectivity index is 1.40. The lowest BCUT2D eigenvalue weighted by Crippen LogP contribution is -2.40. The molecule has 3 aliphatic heterocycles. The van der Waals surface area contributed by atoms with E-state index in [1.165, 1.54) is 17.0 Å². The first-order valence-corrected chi connectivity index (χ1v) is 10.4. The van der Waals surface area contributed by atoms with Crippen LogP contribution in [0.15, 0.2) is 48.7 Å². The average Bonchev–Trinajstić information content (AvgIpc) is 3.32. The topological polar surface area (TPSA) is 53.5 Å². The van der Waals surface area contributed by atoms with E-state index in [9.17, 15) is 14.0 Å². The van der Waals surface area contributed by atoms with E-state index in [1.807, 2.05) is 30.4 Å². The molecule has 5 rings (SSSR count). The van der Waals surface area contributed by atoms with E-state index in [0.717, 1.165) is 29.8 Å². The summed E-state index contributed by atoms with van der Waals surface area (Å²) in [7, 11) is 1.60. The number of hydrogen-bond donors (Lipinski definition) is 0. The van der Waals surface area contributed by atoms with Gasteiger partial charge in [0.15, 0.2) is 0 Å². The van der Waals surface area contributed by atoms with E-state index in [4.69, 9.17) is 0 Å². The van der Waals surface area contributed by atoms with Crippen LogP contribution < -0.4 is 0 Å². The van der Waals surface area contributed by atoms with Gasteiger partial charge in [0.05, 0.1) is 17.5 Å². The number of carbonyl (C=O) groups is 2. The number of halogens is 1. The van der Waals surface area contributed by atoms with Crippen LogP contribution in [0.1, 0.15) is 19.0 Å². The predicted octanol–water partition coefficient (Wildman–Crippen LogP) is 3.22. The summed E-state index contributed by atoms with van der Waals surface area (Å²) in [6.07, 6.45) is 6.65. The number of pyridine rings is 1. The highest BCUT2D eigenvalue weighted by molar-refractivity contribution is 6.06. The van der Waals surface area contributed by atoms with Crippen molar-refractivity contribution in [3.63, 3.8) is 0 Å². The molecule has 3 saturated heterocycles. The molecule has 0 N–H and O–H groups in total. The SMILES string of the molecule is C[C@H]1CC2C3C(=O)N(C)C(=O)C3C(/C=C/c3ccc(-c4cccc(F)c4)cn3)N2C1.